The normalized spacial score (nSPS) is 12.6. The average Bonchev–Trinajstić information content (AvgIpc) is 2.25. The quantitative estimate of drug-likeness (QED) is 0.751. The molecule has 16 heavy (non-hydrogen) atoms. The van der Waals surface area contributed by atoms with Crippen molar-refractivity contribution in [2.75, 3.05) is 7.05 Å². The first-order valence-corrected chi connectivity index (χ1v) is 5.96. The molecule has 1 heteroatoms. The van der Waals surface area contributed by atoms with Gasteiger partial charge < -0.3 is 5.32 Å². The van der Waals surface area contributed by atoms with Gasteiger partial charge in [0.2, 0.25) is 0 Å². The number of nitrogens with one attached hydrogen (secondary N) is 1. The highest BCUT2D eigenvalue weighted by Crippen LogP contribution is 2.20. The Hall–Kier alpha value is -1.08. The molecule has 0 aromatic heterocycles. The summed E-state index contributed by atoms with van der Waals surface area (Å²) >= 11 is 0. The van der Waals surface area contributed by atoms with Gasteiger partial charge in [0, 0.05) is 0 Å². The predicted octanol–water partition coefficient (Wildman–Crippen LogP) is 4.04. The van der Waals surface area contributed by atoms with Crippen LogP contribution in [-0.4, -0.2) is 7.05 Å². The van der Waals surface area contributed by atoms with Crippen LogP contribution in [0.2, 0.25) is 0 Å². The van der Waals surface area contributed by atoms with E-state index in [1.165, 1.54) is 16.7 Å². The lowest BCUT2D eigenvalue weighted by Gasteiger charge is -2.14. The number of likely N-dealkylation sites (N-methyl/N-ethyl adjacent to an activating group) is 1. The fourth-order valence-electron chi connectivity index (χ4n) is 1.77. The topological polar surface area (TPSA) is 12.0 Å². The number of rotatable bonds is 4. The van der Waals surface area contributed by atoms with Gasteiger partial charge in [-0.05, 0) is 37.9 Å². The predicted molar refractivity (Wildman–Crippen MR) is 71.8 cm³/mol. The maximum absolute atomic E-state index is 3.32. The van der Waals surface area contributed by atoms with Crippen molar-refractivity contribution in [2.45, 2.75) is 39.7 Å². The molecular formula is C15H23N. The van der Waals surface area contributed by atoms with Crippen LogP contribution >= 0.6 is 0 Å². The number of hydrogen-bond acceptors (Lipinski definition) is 1. The Morgan fingerprint density at radius 2 is 1.56 bits per heavy atom. The zero-order chi connectivity index (χ0) is 12.1. The van der Waals surface area contributed by atoms with Crippen LogP contribution in [0, 0.1) is 0 Å². The van der Waals surface area contributed by atoms with Crippen LogP contribution in [0.1, 0.15) is 50.8 Å². The van der Waals surface area contributed by atoms with Gasteiger partial charge in [-0.15, -0.1) is 0 Å². The summed E-state index contributed by atoms with van der Waals surface area (Å²) in [4.78, 5) is 0. The summed E-state index contributed by atoms with van der Waals surface area (Å²) in [5.74, 6) is 0.602. The Morgan fingerprint density at radius 3 is 1.94 bits per heavy atom. The van der Waals surface area contributed by atoms with E-state index in [1.807, 2.05) is 7.05 Å². The summed E-state index contributed by atoms with van der Waals surface area (Å²) < 4.78 is 0. The first kappa shape index (κ1) is 13.0. The third-order valence-corrected chi connectivity index (χ3v) is 2.77. The lowest BCUT2D eigenvalue weighted by Crippen LogP contribution is -2.14. The minimum Gasteiger partial charge on any atom is -0.310 e. The van der Waals surface area contributed by atoms with Crippen LogP contribution in [0.15, 0.2) is 35.9 Å². The van der Waals surface area contributed by atoms with Crippen LogP contribution in [0.5, 0.6) is 0 Å². The fraction of sp³-hybridized carbons (Fsp3) is 0.467. The van der Waals surface area contributed by atoms with E-state index in [-0.39, 0.29) is 0 Å². The molecule has 0 bridgehead atoms. The first-order valence-electron chi connectivity index (χ1n) is 5.96. The van der Waals surface area contributed by atoms with Crippen LogP contribution in [-0.2, 0) is 0 Å². The van der Waals surface area contributed by atoms with E-state index in [2.05, 4.69) is 63.4 Å². The highest BCUT2D eigenvalue weighted by Gasteiger charge is 2.06. The van der Waals surface area contributed by atoms with Crippen LogP contribution in [0.3, 0.4) is 0 Å². The van der Waals surface area contributed by atoms with Crippen molar-refractivity contribution >= 4 is 0 Å². The van der Waals surface area contributed by atoms with Crippen LogP contribution < -0.4 is 5.32 Å². The zero-order valence-corrected chi connectivity index (χ0v) is 11.0. The van der Waals surface area contributed by atoms with Gasteiger partial charge in [0.05, 0.1) is 6.04 Å². The molecule has 0 aliphatic heterocycles. The van der Waals surface area contributed by atoms with E-state index >= 15 is 0 Å². The van der Waals surface area contributed by atoms with Gasteiger partial charge in [0.15, 0.2) is 0 Å². The van der Waals surface area contributed by atoms with Crippen molar-refractivity contribution < 1.29 is 0 Å². The lowest BCUT2D eigenvalue weighted by atomic mass is 9.98. The summed E-state index contributed by atoms with van der Waals surface area (Å²) in [5.41, 5.74) is 4.07. The number of hydrogen-bond donors (Lipinski definition) is 1. The molecule has 88 valence electrons. The summed E-state index contributed by atoms with van der Waals surface area (Å²) in [6, 6.07) is 9.21. The van der Waals surface area contributed by atoms with E-state index in [0.29, 0.717) is 12.0 Å². The maximum atomic E-state index is 3.32. The molecule has 1 aromatic carbocycles. The summed E-state index contributed by atoms with van der Waals surface area (Å²) in [6.45, 7) is 8.71. The standard InChI is InChI=1S/C15H23N/c1-11(2)10-15(16-5)14-8-6-13(7-9-14)12(3)4/h6-10,12,15-16H,1-5H3. The highest BCUT2D eigenvalue weighted by molar-refractivity contribution is 5.29. The smallest absolute Gasteiger partial charge is 0.0506 e. The molecule has 1 rings (SSSR count). The second-order valence-corrected chi connectivity index (χ2v) is 4.83. The van der Waals surface area contributed by atoms with Crippen molar-refractivity contribution in [2.24, 2.45) is 0 Å². The largest absolute Gasteiger partial charge is 0.310 e. The second kappa shape index (κ2) is 5.86. The Kier molecular flexibility index (Phi) is 4.75. The second-order valence-electron chi connectivity index (χ2n) is 4.83. The monoisotopic (exact) mass is 217 g/mol. The minimum absolute atomic E-state index is 0.325. The molecule has 0 heterocycles. The summed E-state index contributed by atoms with van der Waals surface area (Å²) in [5, 5.41) is 3.32. The van der Waals surface area contributed by atoms with E-state index in [1.54, 1.807) is 0 Å². The molecule has 1 unspecified atom stereocenters. The van der Waals surface area contributed by atoms with Crippen molar-refractivity contribution in [3.8, 4) is 0 Å². The number of allylic oxidation sites excluding steroid dienone is 1. The molecule has 0 aliphatic carbocycles. The molecule has 1 nitrogen and oxygen atoms in total. The Bertz CT molecular complexity index is 342. The van der Waals surface area contributed by atoms with Crippen LogP contribution in [0.4, 0.5) is 0 Å². The highest BCUT2D eigenvalue weighted by atomic mass is 14.9. The third-order valence-electron chi connectivity index (χ3n) is 2.77. The summed E-state index contributed by atoms with van der Waals surface area (Å²) in [7, 11) is 2.00. The Morgan fingerprint density at radius 1 is 1.06 bits per heavy atom. The molecule has 0 amide bonds. The zero-order valence-electron chi connectivity index (χ0n) is 11.0. The fourth-order valence-corrected chi connectivity index (χ4v) is 1.77. The molecule has 0 radical (unpaired) electrons. The lowest BCUT2D eigenvalue weighted by molar-refractivity contribution is 0.708. The Labute approximate surface area is 99.6 Å². The molecule has 0 saturated carbocycles. The van der Waals surface area contributed by atoms with E-state index < -0.39 is 0 Å². The molecule has 0 fully saturated rings. The number of benzene rings is 1. The van der Waals surface area contributed by atoms with Gasteiger partial charge in [-0.1, -0.05) is 49.8 Å². The van der Waals surface area contributed by atoms with Gasteiger partial charge in [-0.2, -0.15) is 0 Å². The van der Waals surface area contributed by atoms with Gasteiger partial charge in [-0.25, -0.2) is 0 Å². The summed E-state index contributed by atoms with van der Waals surface area (Å²) in [6.07, 6.45) is 2.25. The average molecular weight is 217 g/mol. The minimum atomic E-state index is 0.325. The molecule has 1 aromatic rings. The van der Waals surface area contributed by atoms with Crippen molar-refractivity contribution in [1.82, 2.24) is 5.32 Å². The van der Waals surface area contributed by atoms with Crippen LogP contribution in [0.25, 0.3) is 0 Å². The van der Waals surface area contributed by atoms with E-state index in [4.69, 9.17) is 0 Å². The molecule has 0 spiro atoms. The molecule has 1 N–H and O–H groups in total. The van der Waals surface area contributed by atoms with E-state index in [9.17, 15) is 0 Å². The molecule has 0 saturated heterocycles. The SMILES string of the molecule is CNC(C=C(C)C)c1ccc(C(C)C)cc1. The molecular weight excluding hydrogens is 194 g/mol. The first-order chi connectivity index (χ1) is 7.54. The van der Waals surface area contributed by atoms with Gasteiger partial charge >= 0.3 is 0 Å². The van der Waals surface area contributed by atoms with Crippen molar-refractivity contribution in [3.05, 3.63) is 47.0 Å². The third kappa shape index (κ3) is 3.49. The van der Waals surface area contributed by atoms with Gasteiger partial charge in [0.25, 0.3) is 0 Å². The maximum Gasteiger partial charge on any atom is 0.0506 e. The van der Waals surface area contributed by atoms with Gasteiger partial charge in [-0.3, -0.25) is 0 Å². The van der Waals surface area contributed by atoms with Gasteiger partial charge in [0.1, 0.15) is 0 Å². The molecule has 0 aliphatic rings. The van der Waals surface area contributed by atoms with Crippen molar-refractivity contribution in [3.63, 3.8) is 0 Å². The van der Waals surface area contributed by atoms with Crippen molar-refractivity contribution in [1.29, 1.82) is 0 Å². The molecule has 1 atom stereocenters. The Balaban J connectivity index is 2.91. The van der Waals surface area contributed by atoms with E-state index in [0.717, 1.165) is 0 Å².